The van der Waals surface area contributed by atoms with Gasteiger partial charge in [0.15, 0.2) is 0 Å². The quantitative estimate of drug-likeness (QED) is 0.894. The van der Waals surface area contributed by atoms with Gasteiger partial charge < -0.3 is 5.11 Å². The third-order valence-corrected chi connectivity index (χ3v) is 4.39. The molecule has 1 aliphatic carbocycles. The molecular formula is C16H15BrFNO. The number of aliphatic hydroxyl groups is 1. The summed E-state index contributed by atoms with van der Waals surface area (Å²) in [5.41, 5.74) is 2.42. The first-order chi connectivity index (χ1) is 9.66. The summed E-state index contributed by atoms with van der Waals surface area (Å²) in [5, 5.41) is 10.6. The molecule has 0 spiro atoms. The predicted molar refractivity (Wildman–Crippen MR) is 79.0 cm³/mol. The van der Waals surface area contributed by atoms with Crippen molar-refractivity contribution in [2.45, 2.75) is 31.3 Å². The second kappa shape index (κ2) is 5.62. The maximum absolute atomic E-state index is 14.0. The molecule has 0 saturated carbocycles. The van der Waals surface area contributed by atoms with Crippen LogP contribution in [0.25, 0.3) is 0 Å². The molecule has 1 N–H and O–H groups in total. The van der Waals surface area contributed by atoms with Crippen LogP contribution in [0.15, 0.2) is 41.0 Å². The Morgan fingerprint density at radius 2 is 2.20 bits per heavy atom. The predicted octanol–water partition coefficient (Wildman–Crippen LogP) is 4.14. The summed E-state index contributed by atoms with van der Waals surface area (Å²) in [6.45, 7) is 0. The maximum Gasteiger partial charge on any atom is 0.130 e. The van der Waals surface area contributed by atoms with Gasteiger partial charge in [0.05, 0.1) is 6.10 Å². The highest BCUT2D eigenvalue weighted by molar-refractivity contribution is 9.10. The zero-order valence-electron chi connectivity index (χ0n) is 10.9. The van der Waals surface area contributed by atoms with Crippen molar-refractivity contribution < 1.29 is 9.50 Å². The molecular weight excluding hydrogens is 321 g/mol. The van der Waals surface area contributed by atoms with Crippen molar-refractivity contribution in [1.82, 2.24) is 4.98 Å². The lowest BCUT2D eigenvalue weighted by Crippen LogP contribution is -2.19. The van der Waals surface area contributed by atoms with Crippen molar-refractivity contribution in [3.05, 3.63) is 63.6 Å². The van der Waals surface area contributed by atoms with Gasteiger partial charge in [0.1, 0.15) is 5.82 Å². The largest absolute Gasteiger partial charge is 0.388 e. The highest BCUT2D eigenvalue weighted by atomic mass is 79.9. The Labute approximate surface area is 125 Å². The zero-order valence-corrected chi connectivity index (χ0v) is 12.5. The first-order valence-corrected chi connectivity index (χ1v) is 7.53. The fourth-order valence-corrected chi connectivity index (χ4v) is 3.24. The number of hydrogen-bond donors (Lipinski definition) is 1. The molecule has 0 fully saturated rings. The Morgan fingerprint density at radius 1 is 1.35 bits per heavy atom. The molecule has 2 unspecified atom stereocenters. The van der Waals surface area contributed by atoms with Crippen LogP contribution in [-0.2, 0) is 6.42 Å². The number of fused-ring (bicyclic) bond motifs is 1. The Bertz CT molecular complexity index is 632. The van der Waals surface area contributed by atoms with Gasteiger partial charge in [-0.15, -0.1) is 0 Å². The van der Waals surface area contributed by atoms with E-state index >= 15 is 0 Å². The number of aromatic nitrogens is 1. The van der Waals surface area contributed by atoms with Gasteiger partial charge in [0.2, 0.25) is 0 Å². The molecule has 20 heavy (non-hydrogen) atoms. The lowest BCUT2D eigenvalue weighted by atomic mass is 9.81. The summed E-state index contributed by atoms with van der Waals surface area (Å²) >= 11 is 3.23. The number of nitrogens with zero attached hydrogens (tertiary/aromatic N) is 1. The van der Waals surface area contributed by atoms with Gasteiger partial charge in [-0.05, 0) is 43.0 Å². The van der Waals surface area contributed by atoms with Crippen LogP contribution in [0, 0.1) is 5.82 Å². The smallest absolute Gasteiger partial charge is 0.130 e. The Morgan fingerprint density at radius 3 is 3.00 bits per heavy atom. The minimum atomic E-state index is -0.850. The molecule has 1 aromatic heterocycles. The molecule has 0 aliphatic heterocycles. The van der Waals surface area contributed by atoms with Gasteiger partial charge in [-0.3, -0.25) is 4.98 Å². The number of rotatable bonds is 2. The van der Waals surface area contributed by atoms with E-state index in [0.717, 1.165) is 25.0 Å². The van der Waals surface area contributed by atoms with Crippen LogP contribution < -0.4 is 0 Å². The third kappa shape index (κ3) is 2.50. The lowest BCUT2D eigenvalue weighted by Gasteiger charge is -2.28. The highest BCUT2D eigenvalue weighted by Gasteiger charge is 2.30. The molecule has 1 heterocycles. The van der Waals surface area contributed by atoms with Crippen molar-refractivity contribution >= 4 is 15.9 Å². The second-order valence-electron chi connectivity index (χ2n) is 5.16. The Balaban J connectivity index is 1.97. The number of hydrogen-bond acceptors (Lipinski definition) is 2. The molecule has 2 nitrogen and oxygen atoms in total. The standard InChI is InChI=1S/C16H15BrFNO/c17-11-6-7-12(14(18)9-11)16(20)13-5-1-3-10-4-2-8-19-15(10)13/h2,4,6-9,13,16,20H,1,3,5H2. The summed E-state index contributed by atoms with van der Waals surface area (Å²) in [6.07, 6.45) is 3.70. The minimum Gasteiger partial charge on any atom is -0.388 e. The molecule has 1 aromatic carbocycles. The van der Waals surface area contributed by atoms with Crippen LogP contribution in [0.3, 0.4) is 0 Å². The number of aryl methyl sites for hydroxylation is 1. The molecule has 0 saturated heterocycles. The van der Waals surface area contributed by atoms with E-state index < -0.39 is 6.10 Å². The van der Waals surface area contributed by atoms with Crippen LogP contribution in [0.2, 0.25) is 0 Å². The lowest BCUT2D eigenvalue weighted by molar-refractivity contribution is 0.130. The monoisotopic (exact) mass is 335 g/mol. The van der Waals surface area contributed by atoms with E-state index in [4.69, 9.17) is 0 Å². The van der Waals surface area contributed by atoms with Crippen molar-refractivity contribution in [3.63, 3.8) is 0 Å². The van der Waals surface area contributed by atoms with E-state index in [2.05, 4.69) is 20.9 Å². The van der Waals surface area contributed by atoms with Crippen LogP contribution in [0.1, 0.15) is 41.7 Å². The van der Waals surface area contributed by atoms with Crippen LogP contribution >= 0.6 is 15.9 Å². The van der Waals surface area contributed by atoms with E-state index in [1.165, 1.54) is 11.6 Å². The third-order valence-electron chi connectivity index (χ3n) is 3.90. The first kappa shape index (κ1) is 13.7. The van der Waals surface area contributed by atoms with Gasteiger partial charge in [0, 0.05) is 27.8 Å². The molecule has 2 atom stereocenters. The molecule has 104 valence electrons. The SMILES string of the molecule is OC(c1ccc(Br)cc1F)C1CCCc2cccnc21. The fourth-order valence-electron chi connectivity index (χ4n) is 2.91. The summed E-state index contributed by atoms with van der Waals surface area (Å²) in [4.78, 5) is 4.40. The molecule has 2 aromatic rings. The summed E-state index contributed by atoms with van der Waals surface area (Å²) in [5.74, 6) is -0.509. The van der Waals surface area contributed by atoms with E-state index in [1.807, 2.05) is 12.1 Å². The van der Waals surface area contributed by atoms with Gasteiger partial charge in [0.25, 0.3) is 0 Å². The fraction of sp³-hybridized carbons (Fsp3) is 0.312. The first-order valence-electron chi connectivity index (χ1n) is 6.73. The normalized spacial score (nSPS) is 19.4. The second-order valence-corrected chi connectivity index (χ2v) is 6.07. The van der Waals surface area contributed by atoms with E-state index in [0.29, 0.717) is 10.0 Å². The highest BCUT2D eigenvalue weighted by Crippen LogP contribution is 2.40. The molecule has 1 aliphatic rings. The molecule has 0 bridgehead atoms. The topological polar surface area (TPSA) is 33.1 Å². The molecule has 4 heteroatoms. The van der Waals surface area contributed by atoms with Gasteiger partial charge in [-0.1, -0.05) is 28.1 Å². The average Bonchev–Trinajstić information content (AvgIpc) is 2.46. The minimum absolute atomic E-state index is 0.129. The van der Waals surface area contributed by atoms with Gasteiger partial charge in [-0.25, -0.2) is 4.39 Å². The van der Waals surface area contributed by atoms with E-state index in [-0.39, 0.29) is 11.7 Å². The molecule has 0 radical (unpaired) electrons. The Kier molecular flexibility index (Phi) is 3.85. The van der Waals surface area contributed by atoms with E-state index in [9.17, 15) is 9.50 Å². The number of pyridine rings is 1. The maximum atomic E-state index is 14.0. The Hall–Kier alpha value is -1.26. The number of aliphatic hydroxyl groups excluding tert-OH is 1. The molecule has 0 amide bonds. The van der Waals surface area contributed by atoms with Crippen molar-refractivity contribution in [2.24, 2.45) is 0 Å². The summed E-state index contributed by atoms with van der Waals surface area (Å²) < 4.78 is 14.7. The molecule has 3 rings (SSSR count). The number of benzene rings is 1. The van der Waals surface area contributed by atoms with Crippen molar-refractivity contribution in [3.8, 4) is 0 Å². The van der Waals surface area contributed by atoms with Gasteiger partial charge in [-0.2, -0.15) is 0 Å². The van der Waals surface area contributed by atoms with E-state index in [1.54, 1.807) is 18.3 Å². The van der Waals surface area contributed by atoms with Crippen molar-refractivity contribution in [2.75, 3.05) is 0 Å². The van der Waals surface area contributed by atoms with Crippen LogP contribution in [0.4, 0.5) is 4.39 Å². The average molecular weight is 336 g/mol. The zero-order chi connectivity index (χ0) is 14.1. The summed E-state index contributed by atoms with van der Waals surface area (Å²) in [7, 11) is 0. The van der Waals surface area contributed by atoms with Crippen LogP contribution in [0.5, 0.6) is 0 Å². The van der Waals surface area contributed by atoms with Gasteiger partial charge >= 0.3 is 0 Å². The summed E-state index contributed by atoms with van der Waals surface area (Å²) in [6, 6.07) is 8.73. The van der Waals surface area contributed by atoms with Crippen LogP contribution in [-0.4, -0.2) is 10.1 Å². The number of halogens is 2. The van der Waals surface area contributed by atoms with Crippen molar-refractivity contribution in [1.29, 1.82) is 0 Å².